The molecule has 0 aliphatic heterocycles. The minimum atomic E-state index is -0.517. The highest BCUT2D eigenvalue weighted by Crippen LogP contribution is 2.17. The number of hydrogen-bond acceptors (Lipinski definition) is 6. The zero-order valence-electron chi connectivity index (χ0n) is 18.1. The van der Waals surface area contributed by atoms with E-state index in [0.29, 0.717) is 28.3 Å². The second-order valence-corrected chi connectivity index (χ2v) is 7.12. The van der Waals surface area contributed by atoms with E-state index >= 15 is 0 Å². The third-order valence-electron chi connectivity index (χ3n) is 4.69. The Kier molecular flexibility index (Phi) is 7.48. The Balaban J connectivity index is 1.56. The first kappa shape index (κ1) is 23.1. The molecule has 0 saturated carbocycles. The van der Waals surface area contributed by atoms with Crippen molar-refractivity contribution in [3.05, 3.63) is 99.6 Å². The number of anilines is 1. The van der Waals surface area contributed by atoms with Gasteiger partial charge in [0.15, 0.2) is 6.61 Å². The van der Waals surface area contributed by atoms with Crippen molar-refractivity contribution in [2.75, 3.05) is 11.9 Å². The summed E-state index contributed by atoms with van der Waals surface area (Å²) in [6.45, 7) is 3.29. The Hall–Kier alpha value is -4.53. The number of nitrogens with one attached hydrogen (secondary N) is 2. The van der Waals surface area contributed by atoms with Gasteiger partial charge in [-0.15, -0.1) is 0 Å². The predicted octanol–water partition coefficient (Wildman–Crippen LogP) is 4.07. The molecular weight excluding hydrogens is 424 g/mol. The van der Waals surface area contributed by atoms with E-state index in [1.165, 1.54) is 24.3 Å². The molecule has 2 N–H and O–H groups in total. The maximum Gasteiger partial charge on any atom is 0.277 e. The minimum absolute atomic E-state index is 0.0654. The van der Waals surface area contributed by atoms with Gasteiger partial charge in [0, 0.05) is 23.4 Å². The van der Waals surface area contributed by atoms with Gasteiger partial charge < -0.3 is 10.1 Å². The highest BCUT2D eigenvalue weighted by molar-refractivity contribution is 6.06. The number of ether oxygens (including phenoxy) is 1. The van der Waals surface area contributed by atoms with Crippen LogP contribution in [0.1, 0.15) is 28.4 Å². The van der Waals surface area contributed by atoms with E-state index in [-0.39, 0.29) is 18.2 Å². The summed E-state index contributed by atoms with van der Waals surface area (Å²) < 4.78 is 5.30. The van der Waals surface area contributed by atoms with Gasteiger partial charge >= 0.3 is 0 Å². The maximum atomic E-state index is 12.5. The van der Waals surface area contributed by atoms with E-state index < -0.39 is 10.8 Å². The number of nitro benzene ring substituents is 1. The Bertz CT molecular complexity index is 1210. The van der Waals surface area contributed by atoms with Gasteiger partial charge in [0.1, 0.15) is 5.75 Å². The monoisotopic (exact) mass is 446 g/mol. The Morgan fingerprint density at radius 1 is 1.03 bits per heavy atom. The van der Waals surface area contributed by atoms with Crippen LogP contribution in [0.5, 0.6) is 5.75 Å². The molecular formula is C24H22N4O5. The lowest BCUT2D eigenvalue weighted by molar-refractivity contribution is -0.384. The molecule has 3 aromatic rings. The van der Waals surface area contributed by atoms with Crippen molar-refractivity contribution >= 4 is 28.9 Å². The molecule has 0 aromatic heterocycles. The van der Waals surface area contributed by atoms with Gasteiger partial charge in [-0.25, -0.2) is 5.43 Å². The highest BCUT2D eigenvalue weighted by Gasteiger charge is 2.10. The van der Waals surface area contributed by atoms with Crippen molar-refractivity contribution in [3.63, 3.8) is 0 Å². The normalized spacial score (nSPS) is 10.9. The number of aryl methyl sites for hydroxylation is 1. The molecule has 0 radical (unpaired) electrons. The average molecular weight is 446 g/mol. The molecule has 3 aromatic carbocycles. The number of hydrazone groups is 1. The van der Waals surface area contributed by atoms with Gasteiger partial charge in [0.2, 0.25) is 0 Å². The molecule has 0 spiro atoms. The number of nitrogens with zero attached hydrogens (tertiary/aromatic N) is 2. The third kappa shape index (κ3) is 6.47. The molecule has 33 heavy (non-hydrogen) atoms. The molecule has 168 valence electrons. The molecule has 0 heterocycles. The van der Waals surface area contributed by atoms with Crippen LogP contribution in [0.4, 0.5) is 11.4 Å². The van der Waals surface area contributed by atoms with Crippen molar-refractivity contribution in [2.45, 2.75) is 13.8 Å². The molecule has 3 rings (SSSR count). The van der Waals surface area contributed by atoms with Crippen molar-refractivity contribution < 1.29 is 19.2 Å². The van der Waals surface area contributed by atoms with Crippen molar-refractivity contribution in [3.8, 4) is 5.75 Å². The summed E-state index contributed by atoms with van der Waals surface area (Å²) >= 11 is 0. The van der Waals surface area contributed by atoms with Crippen molar-refractivity contribution in [1.82, 2.24) is 5.43 Å². The van der Waals surface area contributed by atoms with E-state index in [1.807, 2.05) is 31.2 Å². The van der Waals surface area contributed by atoms with Crippen LogP contribution in [0.25, 0.3) is 0 Å². The zero-order valence-corrected chi connectivity index (χ0v) is 18.1. The van der Waals surface area contributed by atoms with Gasteiger partial charge in [-0.2, -0.15) is 5.10 Å². The molecule has 0 saturated heterocycles. The Morgan fingerprint density at radius 3 is 2.45 bits per heavy atom. The molecule has 2 amide bonds. The number of carbonyl (C=O) groups is 2. The molecule has 9 nitrogen and oxygen atoms in total. The van der Waals surface area contributed by atoms with Crippen LogP contribution in [0, 0.1) is 17.0 Å². The van der Waals surface area contributed by atoms with Gasteiger partial charge in [0.05, 0.1) is 10.6 Å². The molecule has 0 aliphatic rings. The Morgan fingerprint density at radius 2 is 1.76 bits per heavy atom. The summed E-state index contributed by atoms with van der Waals surface area (Å²) in [6.07, 6.45) is 0. The first-order valence-electron chi connectivity index (χ1n) is 10.0. The molecule has 0 aliphatic carbocycles. The summed E-state index contributed by atoms with van der Waals surface area (Å²) in [4.78, 5) is 34.7. The fraction of sp³-hybridized carbons (Fsp3) is 0.125. The lowest BCUT2D eigenvalue weighted by atomic mass is 10.1. The molecule has 0 unspecified atom stereocenters. The maximum absolute atomic E-state index is 12.5. The van der Waals surface area contributed by atoms with Gasteiger partial charge in [0.25, 0.3) is 17.5 Å². The molecule has 0 bridgehead atoms. The van der Waals surface area contributed by atoms with Gasteiger partial charge in [-0.3, -0.25) is 19.7 Å². The van der Waals surface area contributed by atoms with Gasteiger partial charge in [-0.05, 0) is 55.3 Å². The van der Waals surface area contributed by atoms with Crippen LogP contribution in [-0.4, -0.2) is 29.1 Å². The Labute approximate surface area is 190 Å². The number of benzene rings is 3. The highest BCUT2D eigenvalue weighted by atomic mass is 16.6. The predicted molar refractivity (Wildman–Crippen MR) is 125 cm³/mol. The standard InChI is InChI=1S/C24H22N4O5/c1-16-6-3-4-9-22(16)24(30)25-19-8-5-7-18(14-19)17(2)26-27-23(29)15-33-21-12-10-20(11-13-21)28(31)32/h3-14H,15H2,1-2H3,(H,25,30)(H,27,29). The lowest BCUT2D eigenvalue weighted by Crippen LogP contribution is -2.25. The summed E-state index contributed by atoms with van der Waals surface area (Å²) in [5, 5.41) is 17.6. The number of non-ortho nitro benzene ring substituents is 1. The summed E-state index contributed by atoms with van der Waals surface area (Å²) in [6, 6.07) is 19.8. The van der Waals surface area contributed by atoms with Crippen molar-refractivity contribution in [1.29, 1.82) is 0 Å². The summed E-state index contributed by atoms with van der Waals surface area (Å²) in [7, 11) is 0. The van der Waals surface area contributed by atoms with Crippen LogP contribution >= 0.6 is 0 Å². The van der Waals surface area contributed by atoms with Crippen LogP contribution in [0.15, 0.2) is 77.9 Å². The number of hydrogen-bond donors (Lipinski definition) is 2. The van der Waals surface area contributed by atoms with E-state index in [1.54, 1.807) is 31.2 Å². The van der Waals surface area contributed by atoms with Crippen LogP contribution in [0.3, 0.4) is 0 Å². The summed E-state index contributed by atoms with van der Waals surface area (Å²) in [5.74, 6) is -0.373. The van der Waals surface area contributed by atoms with E-state index in [2.05, 4.69) is 15.8 Å². The number of amides is 2. The van der Waals surface area contributed by atoms with Crippen LogP contribution < -0.4 is 15.5 Å². The molecule has 0 atom stereocenters. The fourth-order valence-corrected chi connectivity index (χ4v) is 2.90. The number of nitro groups is 1. The minimum Gasteiger partial charge on any atom is -0.484 e. The quantitative estimate of drug-likeness (QED) is 0.307. The van der Waals surface area contributed by atoms with E-state index in [4.69, 9.17) is 4.74 Å². The van der Waals surface area contributed by atoms with Crippen LogP contribution in [0.2, 0.25) is 0 Å². The topological polar surface area (TPSA) is 123 Å². The smallest absolute Gasteiger partial charge is 0.277 e. The third-order valence-corrected chi connectivity index (χ3v) is 4.69. The first-order chi connectivity index (χ1) is 15.8. The van der Waals surface area contributed by atoms with Crippen molar-refractivity contribution in [2.24, 2.45) is 5.10 Å². The SMILES string of the molecule is CC(=NNC(=O)COc1ccc([N+](=O)[O-])cc1)c1cccc(NC(=O)c2ccccc2C)c1. The number of rotatable bonds is 8. The summed E-state index contributed by atoms with van der Waals surface area (Å²) in [5.41, 5.74) is 5.66. The van der Waals surface area contributed by atoms with Crippen LogP contribution in [-0.2, 0) is 4.79 Å². The van der Waals surface area contributed by atoms with E-state index in [0.717, 1.165) is 5.56 Å². The average Bonchev–Trinajstić information content (AvgIpc) is 2.81. The molecule has 9 heteroatoms. The van der Waals surface area contributed by atoms with Gasteiger partial charge in [-0.1, -0.05) is 30.3 Å². The fourth-order valence-electron chi connectivity index (χ4n) is 2.90. The molecule has 0 fully saturated rings. The second kappa shape index (κ2) is 10.7. The number of carbonyl (C=O) groups excluding carboxylic acids is 2. The van der Waals surface area contributed by atoms with E-state index in [9.17, 15) is 19.7 Å². The second-order valence-electron chi connectivity index (χ2n) is 7.12. The zero-order chi connectivity index (χ0) is 23.8. The lowest BCUT2D eigenvalue weighted by Gasteiger charge is -2.09. The largest absolute Gasteiger partial charge is 0.484 e. The first-order valence-corrected chi connectivity index (χ1v) is 10.0.